The molecule has 3 heterocycles. The van der Waals surface area contributed by atoms with Crippen molar-refractivity contribution in [2.45, 2.75) is 31.8 Å². The molecule has 0 aliphatic carbocycles. The first-order chi connectivity index (χ1) is 20.8. The highest BCUT2D eigenvalue weighted by Gasteiger charge is 2.32. The molecule has 0 saturated carbocycles. The number of fused-ring (bicyclic) bond motifs is 3. The number of rotatable bonds is 6. The number of carbonyl (C=O) groups excluding carboxylic acids is 1. The molecular weight excluding hydrogens is 567 g/mol. The molecule has 4 aromatic rings. The SMILES string of the molecule is CNC1(C)CCCN(C(=O)c2ccc(Nc3ncc4c(n3)-c3ccc(Cl)cc3C(c3c(F)cccc3OC)=NC4)cc2)C1. The molecule has 2 N–H and O–H groups in total. The van der Waals surface area contributed by atoms with Gasteiger partial charge in [0.2, 0.25) is 5.95 Å². The van der Waals surface area contributed by atoms with Crippen LogP contribution in [0.1, 0.15) is 46.8 Å². The summed E-state index contributed by atoms with van der Waals surface area (Å²) in [7, 11) is 3.45. The van der Waals surface area contributed by atoms with Gasteiger partial charge in [-0.1, -0.05) is 23.7 Å². The lowest BCUT2D eigenvalue weighted by Crippen LogP contribution is -2.55. The Labute approximate surface area is 255 Å². The van der Waals surface area contributed by atoms with Gasteiger partial charge in [0, 0.05) is 57.8 Å². The number of ether oxygens (including phenoxy) is 1. The summed E-state index contributed by atoms with van der Waals surface area (Å²) in [6.07, 6.45) is 3.73. The Morgan fingerprint density at radius 3 is 2.70 bits per heavy atom. The molecule has 1 unspecified atom stereocenters. The first-order valence-electron chi connectivity index (χ1n) is 14.2. The number of anilines is 2. The summed E-state index contributed by atoms with van der Waals surface area (Å²) in [5.41, 5.74) is 4.86. The van der Waals surface area contributed by atoms with Crippen molar-refractivity contribution < 1.29 is 13.9 Å². The highest BCUT2D eigenvalue weighted by Crippen LogP contribution is 2.36. The normalized spacial score (nSPS) is 17.8. The summed E-state index contributed by atoms with van der Waals surface area (Å²) in [6.45, 7) is 3.82. The van der Waals surface area contributed by atoms with Gasteiger partial charge in [-0.25, -0.2) is 14.4 Å². The number of hydrogen-bond donors (Lipinski definition) is 2. The van der Waals surface area contributed by atoms with Crippen LogP contribution in [0.15, 0.2) is 71.9 Å². The van der Waals surface area contributed by atoms with E-state index in [-0.39, 0.29) is 23.6 Å². The van der Waals surface area contributed by atoms with Crippen LogP contribution >= 0.6 is 11.6 Å². The van der Waals surface area contributed by atoms with Gasteiger partial charge in [0.1, 0.15) is 11.6 Å². The summed E-state index contributed by atoms with van der Waals surface area (Å²) >= 11 is 6.41. The molecule has 1 amide bonds. The van der Waals surface area contributed by atoms with Crippen LogP contribution in [0.3, 0.4) is 0 Å². The number of aromatic nitrogens is 2. The van der Waals surface area contributed by atoms with Crippen LogP contribution in [0.25, 0.3) is 11.3 Å². The third-order valence-electron chi connectivity index (χ3n) is 8.17. The lowest BCUT2D eigenvalue weighted by molar-refractivity contribution is 0.0629. The molecule has 1 aromatic heterocycles. The Kier molecular flexibility index (Phi) is 7.85. The van der Waals surface area contributed by atoms with Crippen LogP contribution < -0.4 is 15.4 Å². The summed E-state index contributed by atoms with van der Waals surface area (Å²) in [4.78, 5) is 29.3. The molecule has 2 aliphatic heterocycles. The van der Waals surface area contributed by atoms with Crippen molar-refractivity contribution in [3.63, 3.8) is 0 Å². The third-order valence-corrected chi connectivity index (χ3v) is 8.41. The Balaban J connectivity index is 1.28. The van der Waals surface area contributed by atoms with Crippen molar-refractivity contribution in [2.24, 2.45) is 4.99 Å². The number of nitrogens with one attached hydrogen (secondary N) is 2. The number of piperidine rings is 1. The van der Waals surface area contributed by atoms with Crippen molar-refractivity contribution in [3.8, 4) is 17.0 Å². The predicted octanol–water partition coefficient (Wildman–Crippen LogP) is 6.25. The lowest BCUT2D eigenvalue weighted by atomic mass is 9.91. The zero-order valence-electron chi connectivity index (χ0n) is 24.2. The second-order valence-electron chi connectivity index (χ2n) is 11.1. The van der Waals surface area contributed by atoms with Crippen molar-refractivity contribution in [1.29, 1.82) is 0 Å². The number of likely N-dealkylation sites (N-methyl/N-ethyl adjacent to an activating group) is 1. The van der Waals surface area contributed by atoms with Crippen LogP contribution in [-0.4, -0.2) is 59.3 Å². The number of aliphatic imine (C=N–C) groups is 1. The van der Waals surface area contributed by atoms with Crippen molar-refractivity contribution in [1.82, 2.24) is 20.2 Å². The van der Waals surface area contributed by atoms with E-state index in [0.29, 0.717) is 45.8 Å². The predicted molar refractivity (Wildman–Crippen MR) is 167 cm³/mol. The van der Waals surface area contributed by atoms with Gasteiger partial charge in [0.15, 0.2) is 0 Å². The first kappa shape index (κ1) is 28.8. The number of hydrogen-bond acceptors (Lipinski definition) is 7. The van der Waals surface area contributed by atoms with E-state index in [1.165, 1.54) is 13.2 Å². The third kappa shape index (κ3) is 5.70. The van der Waals surface area contributed by atoms with E-state index >= 15 is 4.39 Å². The fourth-order valence-electron chi connectivity index (χ4n) is 5.73. The molecule has 0 radical (unpaired) electrons. The number of halogens is 2. The van der Waals surface area contributed by atoms with E-state index in [1.54, 1.807) is 30.5 Å². The first-order valence-corrected chi connectivity index (χ1v) is 14.6. The number of benzene rings is 3. The topological polar surface area (TPSA) is 91.7 Å². The second-order valence-corrected chi connectivity index (χ2v) is 11.5. The molecule has 10 heteroatoms. The molecule has 1 saturated heterocycles. The van der Waals surface area contributed by atoms with Crippen molar-refractivity contribution in [2.75, 3.05) is 32.6 Å². The van der Waals surface area contributed by atoms with Crippen molar-refractivity contribution in [3.05, 3.63) is 100.0 Å². The van der Waals surface area contributed by atoms with Gasteiger partial charge in [0.05, 0.1) is 30.6 Å². The maximum absolute atomic E-state index is 15.2. The van der Waals surface area contributed by atoms with Gasteiger partial charge in [-0.3, -0.25) is 9.79 Å². The van der Waals surface area contributed by atoms with Gasteiger partial charge < -0.3 is 20.3 Å². The molecule has 0 bridgehead atoms. The van der Waals surface area contributed by atoms with Crippen LogP contribution in [-0.2, 0) is 6.54 Å². The van der Waals surface area contributed by atoms with Gasteiger partial charge in [-0.05, 0) is 75.3 Å². The standard InChI is InChI=1S/C33H32ClFN6O2/c1-33(36-2)14-5-15-41(19-33)31(42)20-8-11-23(12-9-20)39-32-38-18-21-17-37-30(28-26(35)6-4-7-27(28)43-3)25-16-22(34)10-13-24(25)29(21)40-32/h4,6-13,16,18,36H,5,14-15,17,19H2,1-3H3,(H,38,39,40). The average molecular weight is 599 g/mol. The van der Waals surface area contributed by atoms with E-state index in [9.17, 15) is 4.79 Å². The Morgan fingerprint density at radius 1 is 1.12 bits per heavy atom. The smallest absolute Gasteiger partial charge is 0.253 e. The van der Waals surface area contributed by atoms with Crippen molar-refractivity contribution >= 4 is 34.9 Å². The summed E-state index contributed by atoms with van der Waals surface area (Å²) in [5.74, 6) is 0.335. The second kappa shape index (κ2) is 11.7. The molecule has 1 atom stereocenters. The molecule has 0 spiro atoms. The molecule has 43 heavy (non-hydrogen) atoms. The maximum Gasteiger partial charge on any atom is 0.253 e. The quantitative estimate of drug-likeness (QED) is 0.272. The zero-order chi connectivity index (χ0) is 30.1. The minimum atomic E-state index is -0.443. The molecule has 1 fully saturated rings. The van der Waals surface area contributed by atoms with Gasteiger partial charge >= 0.3 is 0 Å². The van der Waals surface area contributed by atoms with Gasteiger partial charge in [-0.2, -0.15) is 0 Å². The monoisotopic (exact) mass is 598 g/mol. The maximum atomic E-state index is 15.2. The van der Waals surface area contributed by atoms with Gasteiger partial charge in [0.25, 0.3) is 5.91 Å². The van der Waals surface area contributed by atoms with Gasteiger partial charge in [-0.15, -0.1) is 0 Å². The molecule has 8 nitrogen and oxygen atoms in total. The summed E-state index contributed by atoms with van der Waals surface area (Å²) in [5, 5.41) is 7.10. The highest BCUT2D eigenvalue weighted by molar-refractivity contribution is 6.31. The molecule has 6 rings (SSSR count). The minimum Gasteiger partial charge on any atom is -0.496 e. The molecule has 2 aliphatic rings. The van der Waals surface area contributed by atoms with Crippen LogP contribution in [0, 0.1) is 5.82 Å². The van der Waals surface area contributed by atoms with E-state index < -0.39 is 5.82 Å². The number of likely N-dealkylation sites (tertiary alicyclic amines) is 1. The number of nitrogens with zero attached hydrogens (tertiary/aromatic N) is 4. The average Bonchev–Trinajstić information content (AvgIpc) is 3.17. The van der Waals surface area contributed by atoms with Crippen LogP contribution in [0.5, 0.6) is 5.75 Å². The minimum absolute atomic E-state index is 0.0200. The van der Waals surface area contributed by atoms with E-state index in [0.717, 1.165) is 36.2 Å². The largest absolute Gasteiger partial charge is 0.496 e. The van der Waals surface area contributed by atoms with E-state index in [1.807, 2.05) is 42.3 Å². The van der Waals surface area contributed by atoms with E-state index in [2.05, 4.69) is 22.5 Å². The number of amides is 1. The zero-order valence-corrected chi connectivity index (χ0v) is 25.0. The van der Waals surface area contributed by atoms with Crippen LogP contribution in [0.2, 0.25) is 5.02 Å². The Hall–Kier alpha value is -4.34. The highest BCUT2D eigenvalue weighted by atomic mass is 35.5. The van der Waals surface area contributed by atoms with E-state index in [4.69, 9.17) is 26.3 Å². The number of methoxy groups -OCH3 is 1. The fraction of sp³-hybridized carbons (Fsp3) is 0.273. The molecule has 3 aromatic carbocycles. The molecular formula is C33H32ClFN6O2. The molecule has 220 valence electrons. The summed E-state index contributed by atoms with van der Waals surface area (Å²) in [6, 6.07) is 17.4. The fourth-order valence-corrected chi connectivity index (χ4v) is 5.90. The number of carbonyl (C=O) groups is 1. The summed E-state index contributed by atoms with van der Waals surface area (Å²) < 4.78 is 20.6. The Bertz CT molecular complexity index is 1730. The van der Waals surface area contributed by atoms with Crippen LogP contribution in [0.4, 0.5) is 16.0 Å². The lowest BCUT2D eigenvalue weighted by Gasteiger charge is -2.40. The Morgan fingerprint density at radius 2 is 1.93 bits per heavy atom.